The summed E-state index contributed by atoms with van der Waals surface area (Å²) < 4.78 is 16.6. The fourth-order valence-electron chi connectivity index (χ4n) is 4.16. The molecule has 3 heterocycles. The number of aliphatic hydroxyl groups is 1. The van der Waals surface area contributed by atoms with Crippen LogP contribution in [0.5, 0.6) is 5.75 Å². The van der Waals surface area contributed by atoms with Crippen molar-refractivity contribution in [3.05, 3.63) is 77.5 Å². The van der Waals surface area contributed by atoms with Crippen molar-refractivity contribution in [1.29, 1.82) is 0 Å². The molecule has 0 spiro atoms. The van der Waals surface area contributed by atoms with E-state index < -0.39 is 23.5 Å². The number of nitrogens with zero attached hydrogens (tertiary/aromatic N) is 2. The summed E-state index contributed by atoms with van der Waals surface area (Å²) in [6.07, 6.45) is 1.64. The summed E-state index contributed by atoms with van der Waals surface area (Å²) >= 11 is 0. The molecule has 2 aromatic rings. The van der Waals surface area contributed by atoms with Crippen molar-refractivity contribution in [3.63, 3.8) is 0 Å². The van der Waals surface area contributed by atoms with Crippen molar-refractivity contribution >= 4 is 11.7 Å². The molecule has 1 N–H and O–H groups in total. The first-order valence-electron chi connectivity index (χ1n) is 11.0. The van der Waals surface area contributed by atoms with Gasteiger partial charge in [0.05, 0.1) is 24.8 Å². The molecule has 0 saturated carbocycles. The maximum absolute atomic E-state index is 13.3. The van der Waals surface area contributed by atoms with E-state index in [0.29, 0.717) is 50.0 Å². The first kappa shape index (κ1) is 22.8. The Morgan fingerprint density at radius 3 is 2.73 bits per heavy atom. The number of ether oxygens (including phenoxy) is 2. The van der Waals surface area contributed by atoms with Crippen LogP contribution in [0.2, 0.25) is 0 Å². The Labute approximate surface area is 192 Å². The van der Waals surface area contributed by atoms with Crippen molar-refractivity contribution in [2.75, 3.05) is 46.0 Å². The lowest BCUT2D eigenvalue weighted by molar-refractivity contribution is -0.129. The molecule has 1 fully saturated rings. The molecule has 1 saturated heterocycles. The number of hydrogen-bond acceptors (Lipinski definition) is 7. The topological polar surface area (TPSA) is 92.5 Å². The van der Waals surface area contributed by atoms with Crippen molar-refractivity contribution in [2.45, 2.75) is 13.0 Å². The Morgan fingerprint density at radius 1 is 1.24 bits per heavy atom. The van der Waals surface area contributed by atoms with Gasteiger partial charge < -0.3 is 23.9 Å². The van der Waals surface area contributed by atoms with Crippen LogP contribution in [-0.4, -0.2) is 72.6 Å². The number of hydrogen-bond donors (Lipinski definition) is 1. The Bertz CT molecular complexity index is 1070. The Balaban J connectivity index is 1.68. The molecule has 8 nitrogen and oxygen atoms in total. The van der Waals surface area contributed by atoms with E-state index in [4.69, 9.17) is 13.9 Å². The second-order valence-electron chi connectivity index (χ2n) is 8.03. The number of furan rings is 1. The molecule has 0 radical (unpaired) electrons. The predicted octanol–water partition coefficient (Wildman–Crippen LogP) is 3.06. The average Bonchev–Trinajstić information content (AvgIpc) is 3.38. The van der Waals surface area contributed by atoms with E-state index in [1.165, 1.54) is 0 Å². The minimum absolute atomic E-state index is 0.0113. The summed E-state index contributed by atoms with van der Waals surface area (Å²) in [6.45, 7) is 9.50. The zero-order chi connectivity index (χ0) is 23.4. The molecule has 1 aromatic heterocycles. The number of ketones is 1. The van der Waals surface area contributed by atoms with Gasteiger partial charge in [0.15, 0.2) is 11.5 Å². The summed E-state index contributed by atoms with van der Waals surface area (Å²) in [4.78, 5) is 30.2. The fourth-order valence-corrected chi connectivity index (χ4v) is 4.16. The highest BCUT2D eigenvalue weighted by atomic mass is 16.5. The van der Waals surface area contributed by atoms with Crippen LogP contribution in [0, 0.1) is 6.92 Å². The van der Waals surface area contributed by atoms with E-state index in [1.54, 1.807) is 48.2 Å². The lowest BCUT2D eigenvalue weighted by atomic mass is 9.95. The lowest BCUT2D eigenvalue weighted by Crippen LogP contribution is -2.43. The molecule has 1 aromatic carbocycles. The average molecular weight is 453 g/mol. The molecule has 0 bridgehead atoms. The molecule has 174 valence electrons. The van der Waals surface area contributed by atoms with Crippen molar-refractivity contribution in [1.82, 2.24) is 9.80 Å². The van der Waals surface area contributed by atoms with E-state index in [2.05, 4.69) is 11.5 Å². The van der Waals surface area contributed by atoms with Gasteiger partial charge in [-0.05, 0) is 36.8 Å². The summed E-state index contributed by atoms with van der Waals surface area (Å²) in [6, 6.07) is 9.66. The van der Waals surface area contributed by atoms with E-state index in [9.17, 15) is 14.7 Å². The molecule has 2 aliphatic heterocycles. The molecule has 4 rings (SSSR count). The third kappa shape index (κ3) is 4.86. The number of Topliss-reactive ketones (excluding diaryl/α,β-unsaturated/α-hetero) is 1. The molecule has 1 atom stereocenters. The van der Waals surface area contributed by atoms with Gasteiger partial charge in [-0.3, -0.25) is 14.5 Å². The number of morpholine rings is 1. The SMILES string of the molecule is C=CCOc1cccc(C2C(C(=O)c3ccc(C)o3)=C(O)C(=O)N2CCN2CCOCC2)c1. The van der Waals surface area contributed by atoms with Gasteiger partial charge in [-0.15, -0.1) is 0 Å². The van der Waals surface area contributed by atoms with E-state index in [-0.39, 0.29) is 11.3 Å². The van der Waals surface area contributed by atoms with E-state index in [0.717, 1.165) is 13.1 Å². The quantitative estimate of drug-likeness (QED) is 0.462. The molecule has 0 aliphatic carbocycles. The van der Waals surface area contributed by atoms with Crippen LogP contribution in [0.3, 0.4) is 0 Å². The van der Waals surface area contributed by atoms with Crippen LogP contribution in [0.15, 0.2) is 64.8 Å². The maximum Gasteiger partial charge on any atom is 0.290 e. The molecule has 2 aliphatic rings. The van der Waals surface area contributed by atoms with Gasteiger partial charge in [0.1, 0.15) is 18.1 Å². The van der Waals surface area contributed by atoms with E-state index in [1.807, 2.05) is 6.07 Å². The number of rotatable bonds is 9. The monoisotopic (exact) mass is 452 g/mol. The Kier molecular flexibility index (Phi) is 6.96. The van der Waals surface area contributed by atoms with Gasteiger partial charge in [0, 0.05) is 26.2 Å². The second kappa shape index (κ2) is 10.1. The zero-order valence-electron chi connectivity index (χ0n) is 18.7. The maximum atomic E-state index is 13.3. The van der Waals surface area contributed by atoms with Gasteiger partial charge in [-0.25, -0.2) is 0 Å². The minimum atomic E-state index is -0.760. The van der Waals surface area contributed by atoms with Gasteiger partial charge in [0.2, 0.25) is 5.78 Å². The van der Waals surface area contributed by atoms with Crippen molar-refractivity contribution in [2.24, 2.45) is 0 Å². The Hall–Kier alpha value is -3.36. The number of benzene rings is 1. The third-order valence-electron chi connectivity index (χ3n) is 5.81. The summed E-state index contributed by atoms with van der Waals surface area (Å²) in [5, 5.41) is 10.8. The van der Waals surface area contributed by atoms with Crippen LogP contribution in [0.4, 0.5) is 0 Å². The summed E-state index contributed by atoms with van der Waals surface area (Å²) in [5.74, 6) is -0.384. The first-order valence-corrected chi connectivity index (χ1v) is 11.0. The van der Waals surface area contributed by atoms with Gasteiger partial charge in [-0.1, -0.05) is 24.8 Å². The summed E-state index contributed by atoms with van der Waals surface area (Å²) in [5.41, 5.74) is 0.680. The molecule has 1 unspecified atom stereocenters. The predicted molar refractivity (Wildman–Crippen MR) is 121 cm³/mol. The highest BCUT2D eigenvalue weighted by Crippen LogP contribution is 2.40. The largest absolute Gasteiger partial charge is 0.503 e. The normalized spacial score (nSPS) is 19.2. The first-order chi connectivity index (χ1) is 16.0. The number of carbonyl (C=O) groups is 2. The van der Waals surface area contributed by atoms with Gasteiger partial charge in [-0.2, -0.15) is 0 Å². The van der Waals surface area contributed by atoms with Crippen molar-refractivity contribution in [3.8, 4) is 5.75 Å². The van der Waals surface area contributed by atoms with Crippen LogP contribution >= 0.6 is 0 Å². The van der Waals surface area contributed by atoms with Crippen LogP contribution < -0.4 is 4.74 Å². The van der Waals surface area contributed by atoms with Crippen LogP contribution in [0.25, 0.3) is 0 Å². The molecule has 33 heavy (non-hydrogen) atoms. The molecular formula is C25H28N2O6. The molecular weight excluding hydrogens is 424 g/mol. The summed E-state index contributed by atoms with van der Waals surface area (Å²) in [7, 11) is 0. The van der Waals surface area contributed by atoms with Crippen LogP contribution in [-0.2, 0) is 9.53 Å². The fraction of sp³-hybridized carbons (Fsp3) is 0.360. The number of aliphatic hydroxyl groups excluding tert-OH is 1. The number of aryl methyl sites for hydroxylation is 1. The standard InChI is InChI=1S/C25H28N2O6/c1-3-13-32-19-6-4-5-18(16-19)22-21(23(28)20-8-7-17(2)33-20)24(29)25(30)27(22)10-9-26-11-14-31-15-12-26/h3-8,16,22,29H,1,9-15H2,2H3. The van der Waals surface area contributed by atoms with Crippen molar-refractivity contribution < 1.29 is 28.6 Å². The Morgan fingerprint density at radius 2 is 2.03 bits per heavy atom. The van der Waals surface area contributed by atoms with E-state index >= 15 is 0 Å². The van der Waals surface area contributed by atoms with Gasteiger partial charge in [0.25, 0.3) is 5.91 Å². The second-order valence-corrected chi connectivity index (χ2v) is 8.03. The molecule has 8 heteroatoms. The third-order valence-corrected chi connectivity index (χ3v) is 5.81. The highest BCUT2D eigenvalue weighted by molar-refractivity contribution is 6.15. The minimum Gasteiger partial charge on any atom is -0.503 e. The van der Waals surface area contributed by atoms with Gasteiger partial charge >= 0.3 is 0 Å². The van der Waals surface area contributed by atoms with Crippen LogP contribution in [0.1, 0.15) is 27.9 Å². The zero-order valence-corrected chi connectivity index (χ0v) is 18.7. The number of carbonyl (C=O) groups excluding carboxylic acids is 2. The molecule has 1 amide bonds. The lowest BCUT2D eigenvalue weighted by Gasteiger charge is -2.31. The highest BCUT2D eigenvalue weighted by Gasteiger charge is 2.44. The smallest absolute Gasteiger partial charge is 0.290 e. The number of amides is 1.